The van der Waals surface area contributed by atoms with Gasteiger partial charge >= 0.3 is 0 Å². The summed E-state index contributed by atoms with van der Waals surface area (Å²) in [6.45, 7) is 14.0. The lowest BCUT2D eigenvalue weighted by Gasteiger charge is -2.38. The van der Waals surface area contributed by atoms with Crippen LogP contribution in [-0.2, 0) is 0 Å². The molecule has 0 amide bonds. The van der Waals surface area contributed by atoms with Crippen molar-refractivity contribution in [1.29, 1.82) is 0 Å². The lowest BCUT2D eigenvalue weighted by atomic mass is 10.1. The van der Waals surface area contributed by atoms with Crippen molar-refractivity contribution in [3.05, 3.63) is 0 Å². The smallest absolute Gasteiger partial charge is 0.0249 e. The molecule has 1 N–H and O–H groups in total. The zero-order valence-electron chi connectivity index (χ0n) is 10.1. The molecule has 1 heterocycles. The largest absolute Gasteiger partial charge is 0.314 e. The van der Waals surface area contributed by atoms with Crippen molar-refractivity contribution in [2.24, 2.45) is 0 Å². The minimum absolute atomic E-state index is 0.244. The summed E-state index contributed by atoms with van der Waals surface area (Å²) >= 11 is 0. The van der Waals surface area contributed by atoms with E-state index in [-0.39, 0.29) is 5.54 Å². The van der Waals surface area contributed by atoms with Gasteiger partial charge in [0.1, 0.15) is 0 Å². The van der Waals surface area contributed by atoms with Crippen LogP contribution in [0.3, 0.4) is 0 Å². The molecular weight excluding hydrogens is 174 g/mol. The molecule has 0 spiro atoms. The van der Waals surface area contributed by atoms with Gasteiger partial charge in [0.15, 0.2) is 0 Å². The van der Waals surface area contributed by atoms with Crippen molar-refractivity contribution in [3.63, 3.8) is 0 Å². The Bertz CT molecular complexity index is 160. The molecule has 3 nitrogen and oxygen atoms in total. The predicted molar refractivity (Wildman–Crippen MR) is 61.7 cm³/mol. The highest BCUT2D eigenvalue weighted by atomic mass is 15.3. The SMILES string of the molecule is CCN1CCN(CC(C)(C)NC)CC1. The van der Waals surface area contributed by atoms with E-state index in [4.69, 9.17) is 0 Å². The third-order valence-electron chi connectivity index (χ3n) is 3.21. The van der Waals surface area contributed by atoms with Gasteiger partial charge in [-0.05, 0) is 27.4 Å². The number of rotatable bonds is 4. The second-order valence-electron chi connectivity index (χ2n) is 4.84. The Morgan fingerprint density at radius 2 is 1.57 bits per heavy atom. The van der Waals surface area contributed by atoms with Gasteiger partial charge in [-0.15, -0.1) is 0 Å². The molecule has 1 rings (SSSR count). The molecule has 0 unspecified atom stereocenters. The molecule has 1 aliphatic heterocycles. The quantitative estimate of drug-likeness (QED) is 0.716. The Hall–Kier alpha value is -0.120. The average Bonchev–Trinajstić information content (AvgIpc) is 2.19. The topological polar surface area (TPSA) is 18.5 Å². The van der Waals surface area contributed by atoms with Crippen LogP contribution >= 0.6 is 0 Å². The maximum absolute atomic E-state index is 3.36. The van der Waals surface area contributed by atoms with Crippen molar-refractivity contribution < 1.29 is 0 Å². The second kappa shape index (κ2) is 5.10. The summed E-state index contributed by atoms with van der Waals surface area (Å²) in [6.07, 6.45) is 0. The lowest BCUT2D eigenvalue weighted by Crippen LogP contribution is -2.53. The summed E-state index contributed by atoms with van der Waals surface area (Å²) in [5.74, 6) is 0. The van der Waals surface area contributed by atoms with E-state index in [1.54, 1.807) is 0 Å². The Morgan fingerprint density at radius 1 is 1.07 bits per heavy atom. The fraction of sp³-hybridized carbons (Fsp3) is 1.00. The van der Waals surface area contributed by atoms with Gasteiger partial charge in [0.05, 0.1) is 0 Å². The number of nitrogens with one attached hydrogen (secondary N) is 1. The average molecular weight is 199 g/mol. The van der Waals surface area contributed by atoms with E-state index >= 15 is 0 Å². The number of likely N-dealkylation sites (N-methyl/N-ethyl adjacent to an activating group) is 2. The molecule has 0 saturated carbocycles. The van der Waals surface area contributed by atoms with Crippen LogP contribution in [-0.4, -0.2) is 61.7 Å². The molecule has 84 valence electrons. The van der Waals surface area contributed by atoms with E-state index in [1.165, 1.54) is 32.7 Å². The van der Waals surface area contributed by atoms with E-state index in [2.05, 4.69) is 35.9 Å². The predicted octanol–water partition coefficient (Wildman–Crippen LogP) is 0.622. The molecule has 0 radical (unpaired) electrons. The van der Waals surface area contributed by atoms with Crippen molar-refractivity contribution in [1.82, 2.24) is 15.1 Å². The Kier molecular flexibility index (Phi) is 4.35. The number of hydrogen-bond acceptors (Lipinski definition) is 3. The van der Waals surface area contributed by atoms with Gasteiger partial charge in [0.25, 0.3) is 0 Å². The number of piperazine rings is 1. The van der Waals surface area contributed by atoms with Crippen LogP contribution < -0.4 is 5.32 Å². The van der Waals surface area contributed by atoms with Gasteiger partial charge in [0.2, 0.25) is 0 Å². The van der Waals surface area contributed by atoms with Crippen LogP contribution in [0, 0.1) is 0 Å². The van der Waals surface area contributed by atoms with Crippen LogP contribution in [0.25, 0.3) is 0 Å². The Labute approximate surface area is 88.5 Å². The zero-order valence-corrected chi connectivity index (χ0v) is 10.1. The Morgan fingerprint density at radius 3 is 2.00 bits per heavy atom. The minimum Gasteiger partial charge on any atom is -0.314 e. The number of nitrogens with zero attached hydrogens (tertiary/aromatic N) is 2. The lowest BCUT2D eigenvalue weighted by molar-refractivity contribution is 0.114. The third kappa shape index (κ3) is 3.56. The molecule has 0 aromatic rings. The summed E-state index contributed by atoms with van der Waals surface area (Å²) in [6, 6.07) is 0. The first kappa shape index (κ1) is 12.0. The Balaban J connectivity index is 2.28. The molecule has 1 saturated heterocycles. The fourth-order valence-corrected chi connectivity index (χ4v) is 1.90. The molecule has 3 heteroatoms. The summed E-state index contributed by atoms with van der Waals surface area (Å²) in [5.41, 5.74) is 0.244. The second-order valence-corrected chi connectivity index (χ2v) is 4.84. The van der Waals surface area contributed by atoms with Gasteiger partial charge in [-0.25, -0.2) is 0 Å². The molecule has 14 heavy (non-hydrogen) atoms. The highest BCUT2D eigenvalue weighted by molar-refractivity contribution is 4.82. The summed E-state index contributed by atoms with van der Waals surface area (Å²) in [4.78, 5) is 5.07. The van der Waals surface area contributed by atoms with Crippen molar-refractivity contribution >= 4 is 0 Å². The van der Waals surface area contributed by atoms with Crippen molar-refractivity contribution in [3.8, 4) is 0 Å². The van der Waals surface area contributed by atoms with E-state index in [1.807, 2.05) is 7.05 Å². The van der Waals surface area contributed by atoms with E-state index < -0.39 is 0 Å². The summed E-state index contributed by atoms with van der Waals surface area (Å²) in [5, 5.41) is 3.36. The molecule has 0 bridgehead atoms. The van der Waals surface area contributed by atoms with E-state index in [9.17, 15) is 0 Å². The van der Waals surface area contributed by atoms with Crippen LogP contribution in [0.5, 0.6) is 0 Å². The van der Waals surface area contributed by atoms with E-state index in [0.29, 0.717) is 0 Å². The van der Waals surface area contributed by atoms with Gasteiger partial charge < -0.3 is 10.2 Å². The summed E-state index contributed by atoms with van der Waals surface area (Å²) in [7, 11) is 2.04. The van der Waals surface area contributed by atoms with E-state index in [0.717, 1.165) is 6.54 Å². The highest BCUT2D eigenvalue weighted by Gasteiger charge is 2.22. The zero-order chi connectivity index (χ0) is 10.6. The highest BCUT2D eigenvalue weighted by Crippen LogP contribution is 2.08. The van der Waals surface area contributed by atoms with Crippen molar-refractivity contribution in [2.75, 3.05) is 46.3 Å². The molecular formula is C11H25N3. The normalized spacial score (nSPS) is 21.4. The fourth-order valence-electron chi connectivity index (χ4n) is 1.90. The molecule has 0 aromatic heterocycles. The van der Waals surface area contributed by atoms with Crippen LogP contribution in [0.1, 0.15) is 20.8 Å². The van der Waals surface area contributed by atoms with Crippen LogP contribution in [0.15, 0.2) is 0 Å². The molecule has 0 aromatic carbocycles. The van der Waals surface area contributed by atoms with Gasteiger partial charge in [-0.1, -0.05) is 6.92 Å². The molecule has 0 aliphatic carbocycles. The third-order valence-corrected chi connectivity index (χ3v) is 3.21. The van der Waals surface area contributed by atoms with Crippen molar-refractivity contribution in [2.45, 2.75) is 26.3 Å². The first-order valence-corrected chi connectivity index (χ1v) is 5.71. The van der Waals surface area contributed by atoms with Gasteiger partial charge in [-0.2, -0.15) is 0 Å². The monoisotopic (exact) mass is 199 g/mol. The molecule has 1 aliphatic rings. The minimum atomic E-state index is 0.244. The molecule has 0 atom stereocenters. The first-order valence-electron chi connectivity index (χ1n) is 5.71. The maximum atomic E-state index is 3.36. The van der Waals surface area contributed by atoms with Crippen LogP contribution in [0.2, 0.25) is 0 Å². The molecule has 1 fully saturated rings. The standard InChI is InChI=1S/C11H25N3/c1-5-13-6-8-14(9-7-13)10-11(2,3)12-4/h12H,5-10H2,1-4H3. The van der Waals surface area contributed by atoms with Gasteiger partial charge in [-0.3, -0.25) is 4.90 Å². The summed E-state index contributed by atoms with van der Waals surface area (Å²) < 4.78 is 0. The number of hydrogen-bond donors (Lipinski definition) is 1. The first-order chi connectivity index (χ1) is 6.57. The van der Waals surface area contributed by atoms with Crippen LogP contribution in [0.4, 0.5) is 0 Å². The maximum Gasteiger partial charge on any atom is 0.0249 e. The van der Waals surface area contributed by atoms with Gasteiger partial charge in [0, 0.05) is 38.3 Å².